The van der Waals surface area contributed by atoms with E-state index in [1.807, 2.05) is 6.92 Å². The average molecular weight is 479 g/mol. The Kier molecular flexibility index (Phi) is 7.10. The molecule has 0 saturated carbocycles. The number of anilines is 2. The van der Waals surface area contributed by atoms with E-state index in [4.69, 9.17) is 27.9 Å². The molecule has 1 N–H and O–H groups in total. The lowest BCUT2D eigenvalue weighted by molar-refractivity contribution is -0.114. The Morgan fingerprint density at radius 2 is 1.65 bits per heavy atom. The van der Waals surface area contributed by atoms with Crippen LogP contribution < -0.4 is 14.4 Å². The average Bonchev–Trinajstić information content (AvgIpc) is 2.75. The van der Waals surface area contributed by atoms with Crippen LogP contribution in [0, 0.1) is 6.92 Å². The van der Waals surface area contributed by atoms with Gasteiger partial charge in [0.25, 0.3) is 10.0 Å². The smallest absolute Gasteiger partial charge is 0.264 e. The van der Waals surface area contributed by atoms with Crippen molar-refractivity contribution in [1.82, 2.24) is 0 Å². The van der Waals surface area contributed by atoms with Gasteiger partial charge in [0.05, 0.1) is 17.7 Å². The molecule has 0 atom stereocenters. The lowest BCUT2D eigenvalue weighted by Crippen LogP contribution is -2.38. The number of halogens is 2. The highest BCUT2D eigenvalue weighted by Crippen LogP contribution is 2.35. The lowest BCUT2D eigenvalue weighted by atomic mass is 10.2. The SMILES string of the molecule is COc1ccc(Cl)cc1N(CC(=O)Nc1cc(Cl)ccc1C)S(=O)(=O)c1ccccc1. The fraction of sp³-hybridized carbons (Fsp3) is 0.136. The molecule has 0 aliphatic carbocycles. The second-order valence-electron chi connectivity index (χ2n) is 6.65. The Labute approximate surface area is 191 Å². The molecule has 0 fully saturated rings. The summed E-state index contributed by atoms with van der Waals surface area (Å²) in [5.41, 5.74) is 1.43. The van der Waals surface area contributed by atoms with Crippen molar-refractivity contribution in [3.63, 3.8) is 0 Å². The zero-order chi connectivity index (χ0) is 22.6. The highest BCUT2D eigenvalue weighted by Gasteiger charge is 2.29. The number of methoxy groups -OCH3 is 1. The van der Waals surface area contributed by atoms with Crippen molar-refractivity contribution in [3.8, 4) is 5.75 Å². The van der Waals surface area contributed by atoms with E-state index >= 15 is 0 Å². The Balaban J connectivity index is 2.03. The van der Waals surface area contributed by atoms with Gasteiger partial charge in [-0.05, 0) is 55.0 Å². The Morgan fingerprint density at radius 1 is 1.00 bits per heavy atom. The third-order valence-corrected chi connectivity index (χ3v) is 6.75. The van der Waals surface area contributed by atoms with Crippen LogP contribution in [0.25, 0.3) is 0 Å². The van der Waals surface area contributed by atoms with Gasteiger partial charge in [-0.1, -0.05) is 47.5 Å². The predicted molar refractivity (Wildman–Crippen MR) is 124 cm³/mol. The van der Waals surface area contributed by atoms with E-state index in [1.54, 1.807) is 48.5 Å². The molecule has 9 heteroatoms. The summed E-state index contributed by atoms with van der Waals surface area (Å²) in [6.07, 6.45) is 0. The minimum atomic E-state index is -4.10. The Hall–Kier alpha value is -2.74. The fourth-order valence-corrected chi connectivity index (χ4v) is 4.71. The van der Waals surface area contributed by atoms with Crippen molar-refractivity contribution < 1.29 is 17.9 Å². The Bertz CT molecular complexity index is 1200. The molecule has 3 rings (SSSR count). The normalized spacial score (nSPS) is 11.1. The van der Waals surface area contributed by atoms with Gasteiger partial charge in [-0.3, -0.25) is 9.10 Å². The molecule has 1 amide bonds. The van der Waals surface area contributed by atoms with Crippen LogP contribution in [0.15, 0.2) is 71.6 Å². The number of rotatable bonds is 7. The highest BCUT2D eigenvalue weighted by molar-refractivity contribution is 7.92. The van der Waals surface area contributed by atoms with Crippen molar-refractivity contribution in [2.45, 2.75) is 11.8 Å². The summed E-state index contributed by atoms with van der Waals surface area (Å²) in [4.78, 5) is 12.9. The molecule has 3 aromatic rings. The van der Waals surface area contributed by atoms with Crippen LogP contribution in [0.2, 0.25) is 10.0 Å². The number of ether oxygens (including phenoxy) is 1. The maximum Gasteiger partial charge on any atom is 0.264 e. The van der Waals surface area contributed by atoms with Gasteiger partial charge < -0.3 is 10.1 Å². The summed E-state index contributed by atoms with van der Waals surface area (Å²) in [6, 6.07) is 17.5. The van der Waals surface area contributed by atoms with E-state index < -0.39 is 22.5 Å². The molecule has 0 aliphatic heterocycles. The number of hydrogen-bond donors (Lipinski definition) is 1. The van der Waals surface area contributed by atoms with Gasteiger partial charge >= 0.3 is 0 Å². The molecule has 3 aromatic carbocycles. The standard InChI is InChI=1S/C22H20Cl2N2O4S/c1-15-8-9-16(23)12-19(15)25-22(27)14-26(20-13-17(24)10-11-21(20)30-2)31(28,29)18-6-4-3-5-7-18/h3-13H,14H2,1-2H3,(H,25,27). The van der Waals surface area contributed by atoms with E-state index in [0.717, 1.165) is 9.87 Å². The Morgan fingerprint density at radius 3 is 2.32 bits per heavy atom. The topological polar surface area (TPSA) is 75.7 Å². The van der Waals surface area contributed by atoms with Crippen molar-refractivity contribution in [2.24, 2.45) is 0 Å². The second kappa shape index (κ2) is 9.60. The number of benzene rings is 3. The van der Waals surface area contributed by atoms with Gasteiger partial charge in [-0.25, -0.2) is 8.42 Å². The number of carbonyl (C=O) groups is 1. The van der Waals surface area contributed by atoms with Crippen molar-refractivity contribution in [2.75, 3.05) is 23.3 Å². The molecular weight excluding hydrogens is 459 g/mol. The lowest BCUT2D eigenvalue weighted by Gasteiger charge is -2.26. The first-order valence-electron chi connectivity index (χ1n) is 9.19. The predicted octanol–water partition coefficient (Wildman–Crippen LogP) is 5.14. The number of aryl methyl sites for hydroxylation is 1. The molecule has 0 bridgehead atoms. The zero-order valence-electron chi connectivity index (χ0n) is 16.8. The van der Waals surface area contributed by atoms with Gasteiger partial charge in [0.1, 0.15) is 12.3 Å². The van der Waals surface area contributed by atoms with Crippen LogP contribution in [0.5, 0.6) is 5.75 Å². The summed E-state index contributed by atoms with van der Waals surface area (Å²) in [5, 5.41) is 3.47. The number of hydrogen-bond acceptors (Lipinski definition) is 4. The quantitative estimate of drug-likeness (QED) is 0.509. The number of amides is 1. The van der Waals surface area contributed by atoms with E-state index in [-0.39, 0.29) is 16.3 Å². The van der Waals surface area contributed by atoms with Crippen LogP contribution in [0.4, 0.5) is 11.4 Å². The molecule has 0 radical (unpaired) electrons. The van der Waals surface area contributed by atoms with Crippen LogP contribution in [-0.2, 0) is 14.8 Å². The fourth-order valence-electron chi connectivity index (χ4n) is 2.93. The first-order valence-corrected chi connectivity index (χ1v) is 11.4. The molecule has 0 unspecified atom stereocenters. The van der Waals surface area contributed by atoms with Gasteiger partial charge in [0.2, 0.25) is 5.91 Å². The molecule has 31 heavy (non-hydrogen) atoms. The first kappa shape index (κ1) is 22.9. The van der Waals surface area contributed by atoms with Crippen molar-refractivity contribution >= 4 is 50.5 Å². The van der Waals surface area contributed by atoms with Gasteiger partial charge in [-0.15, -0.1) is 0 Å². The molecule has 6 nitrogen and oxygen atoms in total. The van der Waals surface area contributed by atoms with Crippen molar-refractivity contribution in [3.05, 3.63) is 82.3 Å². The summed E-state index contributed by atoms with van der Waals surface area (Å²) in [7, 11) is -2.69. The van der Waals surface area contributed by atoms with Crippen molar-refractivity contribution in [1.29, 1.82) is 0 Å². The maximum absolute atomic E-state index is 13.4. The molecule has 0 aliphatic rings. The van der Waals surface area contributed by atoms with E-state index in [0.29, 0.717) is 15.7 Å². The minimum absolute atomic E-state index is 0.0313. The first-order chi connectivity index (χ1) is 14.7. The largest absolute Gasteiger partial charge is 0.495 e. The molecule has 0 heterocycles. The third kappa shape index (κ3) is 5.31. The van der Waals surface area contributed by atoms with Crippen LogP contribution in [0.3, 0.4) is 0 Å². The van der Waals surface area contributed by atoms with Gasteiger partial charge in [-0.2, -0.15) is 0 Å². The van der Waals surface area contributed by atoms with Crippen LogP contribution >= 0.6 is 23.2 Å². The van der Waals surface area contributed by atoms with Gasteiger partial charge in [0, 0.05) is 15.7 Å². The summed E-state index contributed by atoms with van der Waals surface area (Å²) >= 11 is 12.1. The summed E-state index contributed by atoms with van der Waals surface area (Å²) < 4.78 is 33.2. The summed E-state index contributed by atoms with van der Waals surface area (Å²) in [5.74, 6) is -0.289. The zero-order valence-corrected chi connectivity index (χ0v) is 19.1. The maximum atomic E-state index is 13.4. The monoisotopic (exact) mass is 478 g/mol. The number of carbonyl (C=O) groups excluding carboxylic acids is 1. The summed E-state index contributed by atoms with van der Waals surface area (Å²) in [6.45, 7) is 1.31. The van der Waals surface area contributed by atoms with Crippen LogP contribution in [0.1, 0.15) is 5.56 Å². The molecule has 162 valence electrons. The molecule has 0 spiro atoms. The number of nitrogens with zero attached hydrogens (tertiary/aromatic N) is 1. The molecular formula is C22H20Cl2N2O4S. The second-order valence-corrected chi connectivity index (χ2v) is 9.38. The van der Waals surface area contributed by atoms with E-state index in [1.165, 1.54) is 25.3 Å². The number of nitrogens with one attached hydrogen (secondary N) is 1. The van der Waals surface area contributed by atoms with E-state index in [2.05, 4.69) is 5.32 Å². The van der Waals surface area contributed by atoms with E-state index in [9.17, 15) is 13.2 Å². The minimum Gasteiger partial charge on any atom is -0.495 e. The van der Waals surface area contributed by atoms with Crippen LogP contribution in [-0.4, -0.2) is 28.0 Å². The highest BCUT2D eigenvalue weighted by atomic mass is 35.5. The number of sulfonamides is 1. The third-order valence-electron chi connectivity index (χ3n) is 4.50. The molecule has 0 saturated heterocycles. The van der Waals surface area contributed by atoms with Gasteiger partial charge in [0.15, 0.2) is 0 Å². The molecule has 0 aromatic heterocycles.